The van der Waals surface area contributed by atoms with Gasteiger partial charge in [-0.25, -0.2) is 4.21 Å². The number of amides is 5. The lowest BCUT2D eigenvalue weighted by Gasteiger charge is -2.26. The first kappa shape index (κ1) is 53.9. The Morgan fingerprint density at radius 3 is 2.08 bits per heavy atom. The fraction of sp³-hybridized carbons (Fsp3) is 0.367. The molecule has 1 fully saturated rings. The number of phenols is 1. The maximum Gasteiger partial charge on any atom is 0.317 e. The van der Waals surface area contributed by atoms with E-state index in [4.69, 9.17) is 10.5 Å². The number of nitrogens with one attached hydrogen (secondary N) is 3. The van der Waals surface area contributed by atoms with Gasteiger partial charge in [0.05, 0.1) is 29.1 Å². The fourth-order valence-electron chi connectivity index (χ4n) is 8.23. The van der Waals surface area contributed by atoms with Gasteiger partial charge in [-0.2, -0.15) is 5.11 Å². The Morgan fingerprint density at radius 2 is 1.44 bits per heavy atom. The average molecular weight is 1010 g/mol. The summed E-state index contributed by atoms with van der Waals surface area (Å²) < 4.78 is 26.5. The quantitative estimate of drug-likeness (QED) is 0.0148. The predicted molar refractivity (Wildman–Crippen MR) is 267 cm³/mol. The van der Waals surface area contributed by atoms with Gasteiger partial charge >= 0.3 is 5.97 Å². The Bertz CT molecular complexity index is 2770. The minimum Gasteiger partial charge on any atom is -0.505 e. The number of carboxylic acid groups (broad SMARTS) is 1. The molecule has 2 aliphatic heterocycles. The van der Waals surface area contributed by atoms with Crippen LogP contribution in [-0.4, -0.2) is 159 Å². The van der Waals surface area contributed by atoms with Gasteiger partial charge in [-0.05, 0) is 97.8 Å². The number of benzene rings is 4. The second kappa shape index (κ2) is 25.6. The molecule has 1 saturated heterocycles. The summed E-state index contributed by atoms with van der Waals surface area (Å²) >= 11 is -2.30. The SMILES string of the molecule is Cc1cc(-c2ccc(NC(=O)[C@@H](CCCCNC(=O)CCN3C(=O)C=CC3=O)NC(=O)CN3CCN(COC=O)CCN(CC(=O)O)CC3)c(C)c2)ccc1N=Nc1ccc2c(S(=O)O)ccc(N)c2c1O. The first-order valence-electron chi connectivity index (χ1n) is 23.1. The van der Waals surface area contributed by atoms with E-state index in [0.717, 1.165) is 39.3 Å². The summed E-state index contributed by atoms with van der Waals surface area (Å²) in [4.78, 5) is 93.0. The number of aryl methyl sites for hydroxylation is 2. The highest BCUT2D eigenvalue weighted by atomic mass is 32.2. The first-order valence-corrected chi connectivity index (χ1v) is 24.2. The molecule has 6 rings (SSSR count). The van der Waals surface area contributed by atoms with E-state index in [1.165, 1.54) is 18.2 Å². The molecule has 0 bridgehead atoms. The van der Waals surface area contributed by atoms with Crippen LogP contribution in [0.25, 0.3) is 21.9 Å². The van der Waals surface area contributed by atoms with Crippen molar-refractivity contribution >= 4 is 86.6 Å². The first-order chi connectivity index (χ1) is 34.5. The molecule has 72 heavy (non-hydrogen) atoms. The molecule has 2 aliphatic rings. The number of anilines is 2. The standard InChI is InChI=1S/C49H58N10O12S/c1-31-25-33(34-7-11-38(32(2)26-34)54-55-39-12-8-35-41(72(69)70)13-9-36(50)47(35)48(39)67)6-10-37(31)53-49(68)40(5-3-4-17-51-42(61)16-18-59-44(63)14-15-45(59)64)52-43(62)27-56-19-20-57(28-46(65)66)22-24-58(23-21-56)29-71-30-60/h6-15,25-26,30,40,67H,3-5,16-24,27-29,50H2,1-2H3,(H,51,61)(H,52,62)(H,53,68)(H,65,66)(H,69,70)/t40-/m1/s1. The summed E-state index contributed by atoms with van der Waals surface area (Å²) in [7, 11) is 0. The Hall–Kier alpha value is -7.44. The number of aliphatic carboxylic acids is 1. The Labute approximate surface area is 417 Å². The monoisotopic (exact) mass is 1010 g/mol. The number of nitrogen functional groups attached to an aromatic ring is 1. The Morgan fingerprint density at radius 1 is 0.819 bits per heavy atom. The molecule has 0 radical (unpaired) electrons. The second-order valence-corrected chi connectivity index (χ2v) is 18.2. The number of aromatic hydroxyl groups is 1. The van der Waals surface area contributed by atoms with Crippen molar-refractivity contribution in [2.75, 3.05) is 83.2 Å². The number of carbonyl (C=O) groups excluding carboxylic acids is 6. The summed E-state index contributed by atoms with van der Waals surface area (Å²) in [6.45, 7) is 6.29. The van der Waals surface area contributed by atoms with Gasteiger partial charge in [-0.1, -0.05) is 18.2 Å². The molecular weight excluding hydrogens is 953 g/mol. The minimum absolute atomic E-state index is 0.000442. The molecule has 1 unspecified atom stereocenters. The van der Waals surface area contributed by atoms with E-state index in [1.807, 2.05) is 47.9 Å². The number of carboxylic acids is 1. The van der Waals surface area contributed by atoms with Gasteiger partial charge in [0.15, 0.2) is 16.8 Å². The van der Waals surface area contributed by atoms with Crippen LogP contribution in [0, 0.1) is 13.8 Å². The third-order valence-electron chi connectivity index (χ3n) is 12.2. The number of rotatable bonds is 22. The zero-order valence-electron chi connectivity index (χ0n) is 39.9. The van der Waals surface area contributed by atoms with E-state index in [9.17, 15) is 52.5 Å². The van der Waals surface area contributed by atoms with Crippen LogP contribution in [0.5, 0.6) is 5.75 Å². The molecular formula is C49H58N10O12S. The second-order valence-electron chi connectivity index (χ2n) is 17.3. The molecule has 8 N–H and O–H groups in total. The lowest BCUT2D eigenvalue weighted by Crippen LogP contribution is -2.49. The number of carbonyl (C=O) groups is 7. The van der Waals surface area contributed by atoms with Crippen LogP contribution in [0.3, 0.4) is 0 Å². The molecule has 0 spiro atoms. The van der Waals surface area contributed by atoms with Crippen LogP contribution in [0.1, 0.15) is 36.8 Å². The molecule has 2 heterocycles. The molecule has 0 aromatic heterocycles. The number of azo groups is 1. The van der Waals surface area contributed by atoms with E-state index >= 15 is 0 Å². The molecule has 23 heteroatoms. The third-order valence-corrected chi connectivity index (χ3v) is 12.9. The van der Waals surface area contributed by atoms with E-state index in [1.54, 1.807) is 23.1 Å². The molecule has 22 nitrogen and oxygen atoms in total. The normalized spacial score (nSPS) is 15.7. The van der Waals surface area contributed by atoms with Crippen molar-refractivity contribution in [2.24, 2.45) is 10.2 Å². The smallest absolute Gasteiger partial charge is 0.317 e. The lowest BCUT2D eigenvalue weighted by molar-refractivity contribution is -0.139. The number of fused-ring (bicyclic) bond motifs is 1. The summed E-state index contributed by atoms with van der Waals surface area (Å²) in [6, 6.07) is 15.9. The van der Waals surface area contributed by atoms with Gasteiger partial charge in [-0.15, -0.1) is 5.11 Å². The van der Waals surface area contributed by atoms with Crippen molar-refractivity contribution in [2.45, 2.75) is 50.5 Å². The summed E-state index contributed by atoms with van der Waals surface area (Å²) in [5.41, 5.74) is 10.6. The van der Waals surface area contributed by atoms with Crippen molar-refractivity contribution in [3.63, 3.8) is 0 Å². The zero-order valence-corrected chi connectivity index (χ0v) is 40.7. The predicted octanol–water partition coefficient (Wildman–Crippen LogP) is 3.57. The van der Waals surface area contributed by atoms with Crippen molar-refractivity contribution in [1.82, 2.24) is 30.2 Å². The van der Waals surface area contributed by atoms with Crippen LogP contribution >= 0.6 is 0 Å². The number of nitrogens with zero attached hydrogens (tertiary/aromatic N) is 6. The Balaban J connectivity index is 1.11. The number of phenolic OH excluding ortho intramolecular Hbond substituents is 1. The highest BCUT2D eigenvalue weighted by Gasteiger charge is 2.26. The van der Waals surface area contributed by atoms with E-state index in [-0.39, 0.29) is 79.1 Å². The van der Waals surface area contributed by atoms with Crippen molar-refractivity contribution in [3.8, 4) is 16.9 Å². The highest BCUT2D eigenvalue weighted by Crippen LogP contribution is 2.41. The Kier molecular flexibility index (Phi) is 19.2. The van der Waals surface area contributed by atoms with Gasteiger partial charge in [0.2, 0.25) is 17.7 Å². The van der Waals surface area contributed by atoms with Gasteiger partial charge < -0.3 is 41.2 Å². The molecule has 0 aliphatic carbocycles. The van der Waals surface area contributed by atoms with Crippen molar-refractivity contribution in [3.05, 3.63) is 83.9 Å². The number of hydrogen-bond acceptors (Lipinski definition) is 16. The molecule has 0 saturated carbocycles. The lowest BCUT2D eigenvalue weighted by atomic mass is 10.00. The highest BCUT2D eigenvalue weighted by molar-refractivity contribution is 7.79. The van der Waals surface area contributed by atoms with Crippen LogP contribution in [-0.2, 0) is 49.4 Å². The molecule has 382 valence electrons. The number of unbranched alkanes of at least 4 members (excludes halogenated alkanes) is 1. The third kappa shape index (κ3) is 14.8. The van der Waals surface area contributed by atoms with Crippen LogP contribution < -0.4 is 21.7 Å². The molecule has 2 atom stereocenters. The van der Waals surface area contributed by atoms with Gasteiger partial charge in [0, 0.05) is 87.7 Å². The molecule has 4 aromatic carbocycles. The number of hydrogen-bond donors (Lipinski definition) is 7. The number of nitrogens with two attached hydrogens (primary N) is 1. The topological polar surface area (TPSA) is 306 Å². The summed E-state index contributed by atoms with van der Waals surface area (Å²) in [5.74, 6) is -3.50. The molecule has 5 amide bonds. The van der Waals surface area contributed by atoms with E-state index in [2.05, 4.69) is 26.2 Å². The van der Waals surface area contributed by atoms with E-state index < -0.39 is 46.7 Å². The summed E-state index contributed by atoms with van der Waals surface area (Å²) in [6.07, 6.45) is 3.31. The fourth-order valence-corrected chi connectivity index (χ4v) is 8.77. The van der Waals surface area contributed by atoms with Crippen LogP contribution in [0.15, 0.2) is 87.9 Å². The molecule has 4 aromatic rings. The average Bonchev–Trinajstić information content (AvgIpc) is 3.70. The number of imide groups is 1. The van der Waals surface area contributed by atoms with E-state index in [0.29, 0.717) is 75.3 Å². The zero-order chi connectivity index (χ0) is 51.9. The van der Waals surface area contributed by atoms with Crippen LogP contribution in [0.2, 0.25) is 0 Å². The van der Waals surface area contributed by atoms with Gasteiger partial charge in [0.1, 0.15) is 18.5 Å². The van der Waals surface area contributed by atoms with Gasteiger partial charge in [0.25, 0.3) is 18.3 Å². The van der Waals surface area contributed by atoms with Crippen molar-refractivity contribution < 1.29 is 57.3 Å². The van der Waals surface area contributed by atoms with Crippen LogP contribution in [0.4, 0.5) is 22.7 Å². The number of ether oxygens (including phenoxy) is 1. The summed E-state index contributed by atoms with van der Waals surface area (Å²) in [5, 5.41) is 38.2. The maximum absolute atomic E-state index is 14.1. The minimum atomic E-state index is -2.30. The maximum atomic E-state index is 14.1. The van der Waals surface area contributed by atoms with Gasteiger partial charge in [-0.3, -0.25) is 53.2 Å². The largest absolute Gasteiger partial charge is 0.505 e. The van der Waals surface area contributed by atoms with Crippen molar-refractivity contribution in [1.29, 1.82) is 0 Å².